The Balaban J connectivity index is 1.40. The van der Waals surface area contributed by atoms with Crippen LogP contribution in [0.1, 0.15) is 46.6 Å². The lowest BCUT2D eigenvalue weighted by Crippen LogP contribution is -2.49. The first kappa shape index (κ1) is 18.1. The van der Waals surface area contributed by atoms with Gasteiger partial charge in [-0.25, -0.2) is 4.98 Å². The fourth-order valence-electron chi connectivity index (χ4n) is 3.92. The number of nitrogens with one attached hydrogen (secondary N) is 1. The van der Waals surface area contributed by atoms with Crippen LogP contribution in [0.4, 0.5) is 0 Å². The molecule has 2 aromatic rings. The van der Waals surface area contributed by atoms with E-state index in [1.54, 1.807) is 10.9 Å². The number of aromatic nitrogens is 2. The molecule has 2 aromatic heterocycles. The molecule has 0 unspecified atom stereocenters. The first-order chi connectivity index (χ1) is 13.0. The summed E-state index contributed by atoms with van der Waals surface area (Å²) in [5, 5.41) is 14.8. The van der Waals surface area contributed by atoms with Gasteiger partial charge < -0.3 is 15.3 Å². The molecule has 27 heavy (non-hydrogen) atoms. The second-order valence-electron chi connectivity index (χ2n) is 7.32. The van der Waals surface area contributed by atoms with Crippen LogP contribution in [0.15, 0.2) is 23.2 Å². The molecule has 1 aliphatic heterocycles. The number of fused-ring (bicyclic) bond motifs is 1. The van der Waals surface area contributed by atoms with Crippen molar-refractivity contribution in [2.75, 3.05) is 0 Å². The Hall–Kier alpha value is -2.32. The number of aliphatic hydroxyl groups excluding tert-OH is 1. The number of carbonyl (C=O) groups excluding carboxylic acids is 2. The van der Waals surface area contributed by atoms with Crippen LogP contribution in [-0.4, -0.2) is 43.9 Å². The summed E-state index contributed by atoms with van der Waals surface area (Å²) in [6, 6.07) is 1.60. The Kier molecular flexibility index (Phi) is 4.92. The number of aryl methyl sites for hydroxylation is 1. The Morgan fingerprint density at radius 3 is 2.85 bits per heavy atom. The quantitative estimate of drug-likeness (QED) is 0.836. The van der Waals surface area contributed by atoms with Gasteiger partial charge in [-0.15, -0.1) is 11.3 Å². The lowest BCUT2D eigenvalue weighted by atomic mass is 9.83. The summed E-state index contributed by atoms with van der Waals surface area (Å²) in [6.07, 6.45) is 2.78. The molecule has 0 saturated heterocycles. The number of nitrogens with zero attached hydrogens (tertiary/aromatic N) is 3. The fraction of sp³-hybridized carbons (Fsp3) is 0.474. The van der Waals surface area contributed by atoms with Crippen LogP contribution in [0, 0.1) is 12.8 Å². The number of aliphatic hydroxyl groups is 1. The monoisotopic (exact) mass is 386 g/mol. The van der Waals surface area contributed by atoms with Crippen molar-refractivity contribution in [2.45, 2.75) is 51.4 Å². The maximum atomic E-state index is 13.0. The van der Waals surface area contributed by atoms with E-state index in [0.717, 1.165) is 16.8 Å². The van der Waals surface area contributed by atoms with E-state index in [1.165, 1.54) is 11.3 Å². The van der Waals surface area contributed by atoms with E-state index in [9.17, 15) is 14.7 Å². The topological polar surface area (TPSA) is 95.4 Å². The zero-order valence-electron chi connectivity index (χ0n) is 15.1. The van der Waals surface area contributed by atoms with Gasteiger partial charge in [0.15, 0.2) is 0 Å². The van der Waals surface area contributed by atoms with Crippen molar-refractivity contribution >= 4 is 23.2 Å². The molecule has 2 N–H and O–H groups in total. The summed E-state index contributed by atoms with van der Waals surface area (Å²) in [5.74, 6) is -0.412. The van der Waals surface area contributed by atoms with E-state index in [0.29, 0.717) is 38.0 Å². The normalized spacial score (nSPS) is 24.5. The molecule has 3 heterocycles. The summed E-state index contributed by atoms with van der Waals surface area (Å²) >= 11 is 1.35. The van der Waals surface area contributed by atoms with Gasteiger partial charge in [-0.2, -0.15) is 0 Å². The van der Waals surface area contributed by atoms with Crippen LogP contribution in [0.5, 0.6) is 0 Å². The first-order valence-electron chi connectivity index (χ1n) is 9.11. The van der Waals surface area contributed by atoms with Crippen LogP contribution < -0.4 is 5.32 Å². The van der Waals surface area contributed by atoms with Crippen molar-refractivity contribution < 1.29 is 14.7 Å². The lowest BCUT2D eigenvalue weighted by Gasteiger charge is -2.34. The summed E-state index contributed by atoms with van der Waals surface area (Å²) in [5.41, 5.74) is 5.14. The molecular formula is C19H22N4O3S. The van der Waals surface area contributed by atoms with Crippen LogP contribution in [0.3, 0.4) is 0 Å². The van der Waals surface area contributed by atoms with Gasteiger partial charge in [0.2, 0.25) is 5.91 Å². The Morgan fingerprint density at radius 1 is 1.26 bits per heavy atom. The highest BCUT2D eigenvalue weighted by Crippen LogP contribution is 2.30. The molecule has 4 rings (SSSR count). The minimum Gasteiger partial charge on any atom is -0.391 e. The molecule has 2 aliphatic rings. The largest absolute Gasteiger partial charge is 0.391 e. The van der Waals surface area contributed by atoms with E-state index in [2.05, 4.69) is 15.3 Å². The van der Waals surface area contributed by atoms with Gasteiger partial charge in [-0.3, -0.25) is 14.6 Å². The number of pyridine rings is 1. The highest BCUT2D eigenvalue weighted by molar-refractivity contribution is 7.07. The third kappa shape index (κ3) is 3.72. The van der Waals surface area contributed by atoms with Gasteiger partial charge in [0.1, 0.15) is 5.69 Å². The molecule has 142 valence electrons. The molecule has 0 radical (unpaired) electrons. The highest BCUT2D eigenvalue weighted by atomic mass is 32.1. The van der Waals surface area contributed by atoms with Crippen LogP contribution >= 0.6 is 11.3 Å². The Labute approximate surface area is 161 Å². The molecule has 2 amide bonds. The van der Waals surface area contributed by atoms with Crippen molar-refractivity contribution in [3.8, 4) is 0 Å². The van der Waals surface area contributed by atoms with Gasteiger partial charge in [0, 0.05) is 36.3 Å². The molecule has 0 aromatic carbocycles. The van der Waals surface area contributed by atoms with Crippen molar-refractivity contribution in [3.05, 3.63) is 45.7 Å². The maximum Gasteiger partial charge on any atom is 0.271 e. The molecule has 0 bridgehead atoms. The molecule has 7 nitrogen and oxygen atoms in total. The molecule has 1 fully saturated rings. The van der Waals surface area contributed by atoms with Gasteiger partial charge in [0.05, 0.1) is 17.7 Å². The standard InChI is InChI=1S/C19H22N4O3S/c1-11-4-13-7-23(8-14(13)6-20-11)19(26)12-2-3-17(24)15(5-12)22-18(25)16-9-27-10-21-16/h4,6,9-10,12,15,17,24H,2-3,5,7-8H2,1H3,(H,22,25)/t12-,15+,17+/m0/s1. The van der Waals surface area contributed by atoms with Gasteiger partial charge in [-0.05, 0) is 43.4 Å². The minimum atomic E-state index is -0.640. The van der Waals surface area contributed by atoms with Crippen molar-refractivity contribution in [2.24, 2.45) is 5.92 Å². The lowest BCUT2D eigenvalue weighted by molar-refractivity contribution is -0.138. The Bertz CT molecular complexity index is 855. The average Bonchev–Trinajstić information content (AvgIpc) is 3.32. The van der Waals surface area contributed by atoms with Crippen molar-refractivity contribution in [1.82, 2.24) is 20.2 Å². The number of hydrogen-bond donors (Lipinski definition) is 2. The number of hydrogen-bond acceptors (Lipinski definition) is 6. The van der Waals surface area contributed by atoms with E-state index in [-0.39, 0.29) is 17.7 Å². The van der Waals surface area contributed by atoms with Crippen LogP contribution in [0.25, 0.3) is 0 Å². The van der Waals surface area contributed by atoms with Crippen LogP contribution in [0.2, 0.25) is 0 Å². The number of carbonyl (C=O) groups is 2. The average molecular weight is 386 g/mol. The fourth-order valence-corrected chi connectivity index (χ4v) is 4.45. The first-order valence-corrected chi connectivity index (χ1v) is 10.1. The third-order valence-corrected chi connectivity index (χ3v) is 5.98. The van der Waals surface area contributed by atoms with Gasteiger partial charge >= 0.3 is 0 Å². The number of amides is 2. The molecular weight excluding hydrogens is 364 g/mol. The summed E-state index contributed by atoms with van der Waals surface area (Å²) in [4.78, 5) is 35.4. The minimum absolute atomic E-state index is 0.0867. The van der Waals surface area contributed by atoms with E-state index < -0.39 is 12.1 Å². The zero-order chi connectivity index (χ0) is 19.0. The summed E-state index contributed by atoms with van der Waals surface area (Å²) < 4.78 is 0. The van der Waals surface area contributed by atoms with Crippen molar-refractivity contribution in [1.29, 1.82) is 0 Å². The summed E-state index contributed by atoms with van der Waals surface area (Å²) in [6.45, 7) is 3.13. The molecule has 0 spiro atoms. The van der Waals surface area contributed by atoms with Gasteiger partial charge in [0.25, 0.3) is 5.91 Å². The Morgan fingerprint density at radius 2 is 2.07 bits per heavy atom. The van der Waals surface area contributed by atoms with Crippen LogP contribution in [-0.2, 0) is 17.9 Å². The smallest absolute Gasteiger partial charge is 0.271 e. The van der Waals surface area contributed by atoms with E-state index >= 15 is 0 Å². The summed E-state index contributed by atoms with van der Waals surface area (Å²) in [7, 11) is 0. The molecule has 3 atom stereocenters. The van der Waals surface area contributed by atoms with E-state index in [1.807, 2.05) is 24.1 Å². The SMILES string of the molecule is Cc1cc2c(cn1)CN(C(=O)[C@H]1CC[C@@H](O)[C@H](NC(=O)c3cscn3)C1)C2. The predicted molar refractivity (Wildman–Crippen MR) is 99.9 cm³/mol. The van der Waals surface area contributed by atoms with Crippen molar-refractivity contribution in [3.63, 3.8) is 0 Å². The number of rotatable bonds is 3. The molecule has 1 aliphatic carbocycles. The van der Waals surface area contributed by atoms with Gasteiger partial charge in [-0.1, -0.05) is 0 Å². The van der Waals surface area contributed by atoms with E-state index in [4.69, 9.17) is 0 Å². The molecule has 1 saturated carbocycles. The maximum absolute atomic E-state index is 13.0. The third-order valence-electron chi connectivity index (χ3n) is 5.40. The number of thiazole rings is 1. The molecule has 8 heteroatoms. The second kappa shape index (κ2) is 7.36. The highest BCUT2D eigenvalue weighted by Gasteiger charge is 2.37. The predicted octanol–water partition coefficient (Wildman–Crippen LogP) is 1.65. The second-order valence-corrected chi connectivity index (χ2v) is 8.04. The zero-order valence-corrected chi connectivity index (χ0v) is 15.9.